The lowest BCUT2D eigenvalue weighted by atomic mass is 10.1. The van der Waals surface area contributed by atoms with Gasteiger partial charge in [-0.1, -0.05) is 28.1 Å². The Bertz CT molecular complexity index is 935. The SMILES string of the molecule is Cc1sc(NC(=O)Cn2cc([N+](=O)[O-])cn2)nc1-c1ccc(Br)cc1. The molecule has 3 aromatic rings. The molecule has 0 atom stereocenters. The maximum Gasteiger partial charge on any atom is 0.307 e. The van der Waals surface area contributed by atoms with Gasteiger partial charge in [-0.05, 0) is 19.1 Å². The Kier molecular flexibility index (Phi) is 4.91. The quantitative estimate of drug-likeness (QED) is 0.500. The van der Waals surface area contributed by atoms with Crippen LogP contribution in [0.3, 0.4) is 0 Å². The van der Waals surface area contributed by atoms with E-state index in [2.05, 4.69) is 31.3 Å². The van der Waals surface area contributed by atoms with Crippen LogP contribution >= 0.6 is 27.3 Å². The van der Waals surface area contributed by atoms with Crippen molar-refractivity contribution in [2.45, 2.75) is 13.5 Å². The summed E-state index contributed by atoms with van der Waals surface area (Å²) in [5.41, 5.74) is 1.61. The molecular weight excluding hydrogens is 410 g/mol. The summed E-state index contributed by atoms with van der Waals surface area (Å²) < 4.78 is 2.19. The lowest BCUT2D eigenvalue weighted by Gasteiger charge is -2.01. The van der Waals surface area contributed by atoms with E-state index in [1.807, 2.05) is 31.2 Å². The monoisotopic (exact) mass is 421 g/mol. The van der Waals surface area contributed by atoms with Gasteiger partial charge in [0.05, 0.1) is 10.6 Å². The molecule has 1 amide bonds. The minimum absolute atomic E-state index is 0.125. The lowest BCUT2D eigenvalue weighted by Crippen LogP contribution is -2.18. The molecule has 0 saturated heterocycles. The second kappa shape index (κ2) is 7.11. The number of carbonyl (C=O) groups excluding carboxylic acids is 1. The molecule has 0 aliphatic carbocycles. The van der Waals surface area contributed by atoms with Crippen LogP contribution in [0.15, 0.2) is 41.1 Å². The van der Waals surface area contributed by atoms with Crippen molar-refractivity contribution in [3.05, 3.63) is 56.1 Å². The van der Waals surface area contributed by atoms with Crippen LogP contribution in [0.1, 0.15) is 4.88 Å². The Morgan fingerprint density at radius 1 is 1.40 bits per heavy atom. The molecule has 128 valence electrons. The maximum absolute atomic E-state index is 12.1. The van der Waals surface area contributed by atoms with E-state index >= 15 is 0 Å². The number of benzene rings is 1. The molecule has 0 radical (unpaired) electrons. The summed E-state index contributed by atoms with van der Waals surface area (Å²) in [4.78, 5) is 27.6. The minimum Gasteiger partial charge on any atom is -0.300 e. The van der Waals surface area contributed by atoms with Gasteiger partial charge in [-0.25, -0.2) is 4.98 Å². The summed E-state index contributed by atoms with van der Waals surface area (Å²) in [5, 5.41) is 17.6. The number of halogens is 1. The number of amides is 1. The van der Waals surface area contributed by atoms with E-state index in [1.165, 1.54) is 22.2 Å². The number of thiazole rings is 1. The van der Waals surface area contributed by atoms with Gasteiger partial charge >= 0.3 is 5.69 Å². The third-order valence-electron chi connectivity index (χ3n) is 3.30. The molecule has 8 nitrogen and oxygen atoms in total. The molecule has 0 aliphatic rings. The van der Waals surface area contributed by atoms with Gasteiger partial charge in [0, 0.05) is 14.9 Å². The number of aromatic nitrogens is 3. The number of nitrogens with one attached hydrogen (secondary N) is 1. The number of nitro groups is 1. The third-order valence-corrected chi connectivity index (χ3v) is 4.71. The molecule has 2 aromatic heterocycles. The first-order valence-corrected chi connectivity index (χ1v) is 8.73. The van der Waals surface area contributed by atoms with Gasteiger partial charge in [0.1, 0.15) is 18.9 Å². The molecule has 25 heavy (non-hydrogen) atoms. The highest BCUT2D eigenvalue weighted by Crippen LogP contribution is 2.31. The zero-order chi connectivity index (χ0) is 18.0. The van der Waals surface area contributed by atoms with E-state index in [-0.39, 0.29) is 18.1 Å². The largest absolute Gasteiger partial charge is 0.307 e. The zero-order valence-electron chi connectivity index (χ0n) is 13.0. The van der Waals surface area contributed by atoms with Crippen molar-refractivity contribution in [1.82, 2.24) is 14.8 Å². The molecule has 0 spiro atoms. The fourth-order valence-electron chi connectivity index (χ4n) is 2.16. The van der Waals surface area contributed by atoms with Crippen molar-refractivity contribution in [2.24, 2.45) is 0 Å². The van der Waals surface area contributed by atoms with Gasteiger partial charge in [-0.15, -0.1) is 11.3 Å². The minimum atomic E-state index is -0.559. The van der Waals surface area contributed by atoms with Gasteiger partial charge in [0.2, 0.25) is 5.91 Å². The Morgan fingerprint density at radius 3 is 2.76 bits per heavy atom. The molecule has 3 rings (SSSR count). The highest BCUT2D eigenvalue weighted by atomic mass is 79.9. The molecule has 0 aliphatic heterocycles. The van der Waals surface area contributed by atoms with Crippen molar-refractivity contribution in [3.8, 4) is 11.3 Å². The van der Waals surface area contributed by atoms with Gasteiger partial charge in [0.25, 0.3) is 0 Å². The van der Waals surface area contributed by atoms with Gasteiger partial charge in [0.15, 0.2) is 5.13 Å². The van der Waals surface area contributed by atoms with E-state index in [1.54, 1.807) is 0 Å². The summed E-state index contributed by atoms with van der Waals surface area (Å²) in [6, 6.07) is 7.75. The molecule has 0 bridgehead atoms. The molecule has 0 saturated carbocycles. The summed E-state index contributed by atoms with van der Waals surface area (Å²) in [5.74, 6) is -0.353. The molecule has 0 unspecified atom stereocenters. The fourth-order valence-corrected chi connectivity index (χ4v) is 3.28. The standard InChI is InChI=1S/C15H12BrN5O3S/c1-9-14(10-2-4-11(16)5-3-10)19-15(25-9)18-13(22)8-20-7-12(6-17-20)21(23)24/h2-7H,8H2,1H3,(H,18,19,22). The maximum atomic E-state index is 12.1. The van der Waals surface area contributed by atoms with E-state index < -0.39 is 4.92 Å². The van der Waals surface area contributed by atoms with Crippen molar-refractivity contribution in [1.29, 1.82) is 0 Å². The second-order valence-electron chi connectivity index (χ2n) is 5.13. The second-order valence-corrected chi connectivity index (χ2v) is 7.25. The number of nitrogens with zero attached hydrogens (tertiary/aromatic N) is 4. The zero-order valence-corrected chi connectivity index (χ0v) is 15.4. The van der Waals surface area contributed by atoms with E-state index in [4.69, 9.17) is 0 Å². The molecule has 1 aromatic carbocycles. The van der Waals surface area contributed by atoms with Crippen LogP contribution in [0.4, 0.5) is 10.8 Å². The highest BCUT2D eigenvalue weighted by molar-refractivity contribution is 9.10. The first-order chi connectivity index (χ1) is 11.9. The fraction of sp³-hybridized carbons (Fsp3) is 0.133. The van der Waals surface area contributed by atoms with Gasteiger partial charge in [-0.2, -0.15) is 5.10 Å². The Labute approximate surface area is 154 Å². The third kappa shape index (κ3) is 4.09. The van der Waals surface area contributed by atoms with Crippen molar-refractivity contribution in [2.75, 3.05) is 5.32 Å². The molecular formula is C15H12BrN5O3S. The summed E-state index contributed by atoms with van der Waals surface area (Å²) in [7, 11) is 0. The summed E-state index contributed by atoms with van der Waals surface area (Å²) in [6.45, 7) is 1.81. The average Bonchev–Trinajstić information content (AvgIpc) is 3.15. The average molecular weight is 422 g/mol. The summed E-state index contributed by atoms with van der Waals surface area (Å²) >= 11 is 4.76. The Balaban J connectivity index is 1.70. The molecule has 0 fully saturated rings. The van der Waals surface area contributed by atoms with Crippen molar-refractivity contribution >= 4 is 44.0 Å². The topological polar surface area (TPSA) is 103 Å². The normalized spacial score (nSPS) is 10.6. The number of aryl methyl sites for hydroxylation is 1. The predicted octanol–water partition coefficient (Wildman–Crippen LogP) is 3.62. The number of rotatable bonds is 5. The summed E-state index contributed by atoms with van der Waals surface area (Å²) in [6.07, 6.45) is 2.31. The lowest BCUT2D eigenvalue weighted by molar-refractivity contribution is -0.385. The number of hydrogen-bond donors (Lipinski definition) is 1. The van der Waals surface area contributed by atoms with E-state index in [0.717, 1.165) is 26.8 Å². The molecule has 1 N–H and O–H groups in total. The van der Waals surface area contributed by atoms with Crippen LogP contribution in [-0.2, 0) is 11.3 Å². The van der Waals surface area contributed by atoms with Crippen LogP contribution in [0.25, 0.3) is 11.3 Å². The number of hydrogen-bond acceptors (Lipinski definition) is 6. The Hall–Kier alpha value is -2.59. The van der Waals surface area contributed by atoms with Gasteiger partial charge in [-0.3, -0.25) is 19.6 Å². The van der Waals surface area contributed by atoms with Gasteiger partial charge < -0.3 is 5.32 Å². The molecule has 2 heterocycles. The number of carbonyl (C=O) groups is 1. The van der Waals surface area contributed by atoms with Crippen LogP contribution < -0.4 is 5.32 Å². The smallest absolute Gasteiger partial charge is 0.300 e. The van der Waals surface area contributed by atoms with Crippen LogP contribution in [-0.4, -0.2) is 25.6 Å². The first kappa shape index (κ1) is 17.2. The van der Waals surface area contributed by atoms with Crippen LogP contribution in [0, 0.1) is 17.0 Å². The number of anilines is 1. The Morgan fingerprint density at radius 2 is 2.12 bits per heavy atom. The van der Waals surface area contributed by atoms with Crippen molar-refractivity contribution in [3.63, 3.8) is 0 Å². The molecule has 10 heteroatoms. The highest BCUT2D eigenvalue weighted by Gasteiger charge is 2.14. The first-order valence-electron chi connectivity index (χ1n) is 7.12. The van der Waals surface area contributed by atoms with E-state index in [0.29, 0.717) is 5.13 Å². The van der Waals surface area contributed by atoms with Crippen LogP contribution in [0.5, 0.6) is 0 Å². The van der Waals surface area contributed by atoms with E-state index in [9.17, 15) is 14.9 Å². The van der Waals surface area contributed by atoms with Crippen LogP contribution in [0.2, 0.25) is 0 Å². The predicted molar refractivity (Wildman–Crippen MR) is 97.5 cm³/mol. The van der Waals surface area contributed by atoms with Crippen molar-refractivity contribution < 1.29 is 9.72 Å².